The van der Waals surface area contributed by atoms with Crippen molar-refractivity contribution < 1.29 is 38.7 Å². The molecule has 9 nitrogen and oxygen atoms in total. The van der Waals surface area contributed by atoms with Crippen molar-refractivity contribution in [2.75, 3.05) is 52.4 Å². The summed E-state index contributed by atoms with van der Waals surface area (Å²) in [7, 11) is 0. The number of aliphatic hydroxyl groups excluding tert-OH is 2. The van der Waals surface area contributed by atoms with E-state index in [9.17, 15) is 29.7 Å². The number of rotatable bonds is 8. The number of nitrogens with zero attached hydrogens (tertiary/aromatic N) is 3. The number of β-lactam (4-membered cyclic amide) rings is 1. The standard InChI is InChI=1S/C32H36N3O6/c1-19(37)28-27-17-24(29(32(40)41)33(27)31(28)39)21-4-6-22-25-15-20(3-5-23(25)30(38)26(22)16-21)18-35-11-8-34(9-12-35,10-13-35)7-2-14-36/h3-6,15-16,19,27-28,36-37H,2,7-14,17-18H2,1H3/q+1/p+1/t19-,27-,28-,34?,35?/m1/s1. The SMILES string of the molecule is C[C@@H](O)[C@H]1C(=O)N2C(C(=O)O)=C(c3ccc4c(c3)C(=O)c3ccc(C[N+]56CC[N+](CCCO)(CC5)CC6)cc3-4)C[C@H]12. The summed E-state index contributed by atoms with van der Waals surface area (Å²) in [6.07, 6.45) is 0.359. The molecule has 4 saturated heterocycles. The van der Waals surface area contributed by atoms with E-state index in [1.807, 2.05) is 18.2 Å². The molecule has 0 spiro atoms. The summed E-state index contributed by atoms with van der Waals surface area (Å²) in [6.45, 7) is 10.7. The number of benzene rings is 2. The number of hydrogen-bond donors (Lipinski definition) is 3. The largest absolute Gasteiger partial charge is 0.477 e. The maximum atomic E-state index is 13.5. The fourth-order valence-corrected chi connectivity index (χ4v) is 8.25. The number of hydrogen-bond acceptors (Lipinski definition) is 5. The van der Waals surface area contributed by atoms with Gasteiger partial charge in [0.1, 0.15) is 51.5 Å². The molecule has 0 radical (unpaired) electrons. The van der Waals surface area contributed by atoms with Gasteiger partial charge in [0.05, 0.1) is 24.6 Å². The summed E-state index contributed by atoms with van der Waals surface area (Å²) >= 11 is 0. The molecule has 41 heavy (non-hydrogen) atoms. The summed E-state index contributed by atoms with van der Waals surface area (Å²) in [5.74, 6) is -2.21. The number of carbonyl (C=O) groups is 3. The predicted molar refractivity (Wildman–Crippen MR) is 150 cm³/mol. The predicted octanol–water partition coefficient (Wildman–Crippen LogP) is 1.85. The van der Waals surface area contributed by atoms with Crippen LogP contribution in [0.3, 0.4) is 0 Å². The molecule has 1 amide bonds. The van der Waals surface area contributed by atoms with Gasteiger partial charge >= 0.3 is 5.97 Å². The van der Waals surface area contributed by atoms with Crippen LogP contribution in [0.2, 0.25) is 0 Å². The number of amides is 1. The molecule has 0 saturated carbocycles. The lowest BCUT2D eigenvalue weighted by Gasteiger charge is -2.55. The van der Waals surface area contributed by atoms with Gasteiger partial charge in [0.15, 0.2) is 5.78 Å². The monoisotopic (exact) mass is 559 g/mol. The van der Waals surface area contributed by atoms with Crippen molar-refractivity contribution >= 4 is 23.2 Å². The molecule has 1 aliphatic carbocycles. The van der Waals surface area contributed by atoms with Crippen LogP contribution in [0, 0.1) is 5.92 Å². The second-order valence-corrected chi connectivity index (χ2v) is 12.8. The Kier molecular flexibility index (Phi) is 6.03. The Morgan fingerprint density at radius 3 is 2.29 bits per heavy atom. The van der Waals surface area contributed by atoms with Crippen LogP contribution in [0.25, 0.3) is 16.7 Å². The Morgan fingerprint density at radius 2 is 1.63 bits per heavy atom. The first-order valence-corrected chi connectivity index (χ1v) is 14.8. The number of quaternary nitrogens is 2. The number of carboxylic acids is 1. The van der Waals surface area contributed by atoms with E-state index >= 15 is 0 Å². The van der Waals surface area contributed by atoms with Crippen LogP contribution < -0.4 is 0 Å². The highest BCUT2D eigenvalue weighted by Gasteiger charge is 2.57. The van der Waals surface area contributed by atoms with Gasteiger partial charge in [-0.25, -0.2) is 4.79 Å². The Balaban J connectivity index is 1.15. The van der Waals surface area contributed by atoms with Gasteiger partial charge < -0.3 is 29.2 Å². The zero-order valence-corrected chi connectivity index (χ0v) is 23.4. The maximum Gasteiger partial charge on any atom is 0.352 e. The van der Waals surface area contributed by atoms with E-state index in [1.54, 1.807) is 13.0 Å². The number of aliphatic carboxylic acids is 1. The lowest BCUT2D eigenvalue weighted by molar-refractivity contribution is -1.09. The van der Waals surface area contributed by atoms with E-state index in [1.165, 1.54) is 10.5 Å². The topological polar surface area (TPSA) is 115 Å². The first-order valence-electron chi connectivity index (χ1n) is 14.8. The minimum absolute atomic E-state index is 0.0434. The van der Waals surface area contributed by atoms with Gasteiger partial charge in [0.25, 0.3) is 0 Å². The van der Waals surface area contributed by atoms with E-state index in [2.05, 4.69) is 12.1 Å². The lowest BCUT2D eigenvalue weighted by atomic mass is 9.82. The molecule has 9 heteroatoms. The highest BCUT2D eigenvalue weighted by Crippen LogP contribution is 2.48. The van der Waals surface area contributed by atoms with Crippen LogP contribution >= 0.6 is 0 Å². The molecule has 2 aromatic carbocycles. The fourth-order valence-electron chi connectivity index (χ4n) is 8.25. The summed E-state index contributed by atoms with van der Waals surface area (Å²) in [5.41, 5.74) is 5.38. The van der Waals surface area contributed by atoms with Crippen molar-refractivity contribution in [2.24, 2.45) is 5.92 Å². The summed E-state index contributed by atoms with van der Waals surface area (Å²) < 4.78 is 2.22. The summed E-state index contributed by atoms with van der Waals surface area (Å²) in [5, 5.41) is 29.3. The average Bonchev–Trinajstić information content (AvgIpc) is 3.45. The summed E-state index contributed by atoms with van der Waals surface area (Å²) in [6, 6.07) is 11.4. The van der Waals surface area contributed by atoms with Crippen molar-refractivity contribution in [3.05, 3.63) is 64.3 Å². The molecule has 8 rings (SSSR count). The van der Waals surface area contributed by atoms with Gasteiger partial charge in [0.2, 0.25) is 5.91 Å². The van der Waals surface area contributed by atoms with Crippen LogP contribution in [-0.2, 0) is 16.1 Å². The second-order valence-electron chi connectivity index (χ2n) is 12.8. The van der Waals surface area contributed by atoms with Crippen LogP contribution in [-0.4, -0.2) is 111 Å². The molecule has 4 fully saturated rings. The first kappa shape index (κ1) is 26.5. The quantitative estimate of drug-likeness (QED) is 0.287. The number of ketones is 1. The molecule has 0 aromatic heterocycles. The Labute approximate surface area is 239 Å². The van der Waals surface area contributed by atoms with Gasteiger partial charge in [-0.3, -0.25) is 9.59 Å². The lowest BCUT2D eigenvalue weighted by Crippen LogP contribution is -2.74. The Morgan fingerprint density at radius 1 is 0.951 bits per heavy atom. The van der Waals surface area contributed by atoms with Gasteiger partial charge in [-0.2, -0.15) is 0 Å². The Bertz CT molecular complexity index is 1500. The number of aliphatic hydroxyl groups is 2. The van der Waals surface area contributed by atoms with E-state index < -0.39 is 18.0 Å². The van der Waals surface area contributed by atoms with E-state index in [0.29, 0.717) is 28.7 Å². The molecule has 3 N–H and O–H groups in total. The molecular weight excluding hydrogens is 522 g/mol. The third-order valence-electron chi connectivity index (χ3n) is 10.6. The normalized spacial score (nSPS) is 30.3. The minimum Gasteiger partial charge on any atom is -0.477 e. The zero-order chi connectivity index (χ0) is 28.7. The number of fused-ring (bicyclic) bond motifs is 7. The molecule has 3 atom stereocenters. The van der Waals surface area contributed by atoms with E-state index in [0.717, 1.165) is 78.9 Å². The molecule has 2 aromatic rings. The number of carboxylic acid groups (broad SMARTS) is 1. The maximum absolute atomic E-state index is 13.5. The van der Waals surface area contributed by atoms with E-state index in [-0.39, 0.29) is 30.0 Å². The number of piperazine rings is 3. The van der Waals surface area contributed by atoms with Gasteiger partial charge in [-0.05, 0) is 53.8 Å². The summed E-state index contributed by atoms with van der Waals surface area (Å²) in [4.78, 5) is 39.6. The average molecular weight is 560 g/mol. The molecule has 6 aliphatic rings. The molecule has 5 heterocycles. The molecular formula is C32H37N3O6+2. The third-order valence-corrected chi connectivity index (χ3v) is 10.6. The second kappa shape index (κ2) is 9.32. The zero-order valence-electron chi connectivity index (χ0n) is 23.4. The fraction of sp³-hybridized carbons (Fsp3) is 0.469. The first-order chi connectivity index (χ1) is 19.7. The van der Waals surface area contributed by atoms with Crippen LogP contribution in [0.15, 0.2) is 42.1 Å². The van der Waals surface area contributed by atoms with Crippen molar-refractivity contribution in [3.63, 3.8) is 0 Å². The van der Waals surface area contributed by atoms with Crippen molar-refractivity contribution in [1.82, 2.24) is 4.90 Å². The minimum atomic E-state index is -1.17. The molecule has 0 unspecified atom stereocenters. The van der Waals surface area contributed by atoms with Gasteiger partial charge in [-0.1, -0.05) is 18.2 Å². The third kappa shape index (κ3) is 3.94. The van der Waals surface area contributed by atoms with Crippen molar-refractivity contribution in [1.29, 1.82) is 0 Å². The molecule has 214 valence electrons. The van der Waals surface area contributed by atoms with Crippen molar-refractivity contribution in [3.8, 4) is 11.1 Å². The Hall–Kier alpha value is -3.37. The van der Waals surface area contributed by atoms with Crippen LogP contribution in [0.1, 0.15) is 46.8 Å². The van der Waals surface area contributed by atoms with Gasteiger partial charge in [-0.15, -0.1) is 0 Å². The molecule has 5 aliphatic heterocycles. The van der Waals surface area contributed by atoms with Crippen molar-refractivity contribution in [2.45, 2.75) is 38.5 Å². The number of carbonyl (C=O) groups excluding carboxylic acids is 2. The molecule has 2 bridgehead atoms. The van der Waals surface area contributed by atoms with Crippen LogP contribution in [0.4, 0.5) is 0 Å². The van der Waals surface area contributed by atoms with Crippen LogP contribution in [0.5, 0.6) is 0 Å². The highest BCUT2D eigenvalue weighted by molar-refractivity contribution is 6.22. The highest BCUT2D eigenvalue weighted by atomic mass is 16.4. The van der Waals surface area contributed by atoms with E-state index in [4.69, 9.17) is 0 Å². The smallest absolute Gasteiger partial charge is 0.352 e. The van der Waals surface area contributed by atoms with Gasteiger partial charge in [0, 0.05) is 29.7 Å².